The molecule has 13 heavy (non-hydrogen) atoms. The average Bonchev–Trinajstić information content (AvgIpc) is 2.02. The normalized spacial score (nSPS) is 7.77. The number of hydrogen-bond donors (Lipinski definition) is 6. The van der Waals surface area contributed by atoms with Crippen LogP contribution in [0.3, 0.4) is 0 Å². The molecule has 0 unspecified atom stereocenters. The summed E-state index contributed by atoms with van der Waals surface area (Å²) in [5.74, 6) is 2.20. The summed E-state index contributed by atoms with van der Waals surface area (Å²) in [6.07, 6.45) is -0.593. The van der Waals surface area contributed by atoms with Crippen molar-refractivity contribution < 1.29 is 19.8 Å². The number of hydrazine groups is 1. The van der Waals surface area contributed by atoms with Gasteiger partial charge in [-0.2, -0.15) is 0 Å². The molecule has 0 aliphatic heterocycles. The minimum Gasteiger partial charge on any atom is -0.481 e. The second-order valence-electron chi connectivity index (χ2n) is 1.85. The van der Waals surface area contributed by atoms with Crippen molar-refractivity contribution in [1.29, 1.82) is 5.41 Å². The molecule has 8 nitrogen and oxygen atoms in total. The maximum absolute atomic E-state index is 9.64. The number of nitrogens with two attached hydrogens (primary N) is 2. The van der Waals surface area contributed by atoms with E-state index in [-0.39, 0.29) is 18.8 Å². The van der Waals surface area contributed by atoms with E-state index < -0.39 is 11.9 Å². The molecule has 0 spiro atoms. The summed E-state index contributed by atoms with van der Waals surface area (Å²) >= 11 is 0. The highest BCUT2D eigenvalue weighted by atomic mass is 16.4. The van der Waals surface area contributed by atoms with Gasteiger partial charge in [0, 0.05) is 0 Å². The molecule has 0 aromatic heterocycles. The zero-order chi connectivity index (χ0) is 10.9. The van der Waals surface area contributed by atoms with E-state index in [1.807, 2.05) is 5.43 Å². The third-order valence-corrected chi connectivity index (χ3v) is 0.708. The number of carboxylic acid groups (broad SMARTS) is 2. The van der Waals surface area contributed by atoms with Crippen LogP contribution in [-0.2, 0) is 9.59 Å². The predicted molar refractivity (Wildman–Crippen MR) is 43.7 cm³/mol. The third-order valence-electron chi connectivity index (χ3n) is 0.708. The first-order chi connectivity index (χ1) is 5.90. The van der Waals surface area contributed by atoms with Crippen molar-refractivity contribution in [3.8, 4) is 0 Å². The lowest BCUT2D eigenvalue weighted by Gasteiger charge is -1.85. The van der Waals surface area contributed by atoms with Gasteiger partial charge in [0.15, 0.2) is 5.96 Å². The minimum atomic E-state index is -1.08. The number of aliphatic carboxylic acids is 2. The van der Waals surface area contributed by atoms with Gasteiger partial charge in [0.2, 0.25) is 0 Å². The Kier molecular flexibility index (Phi) is 8.74. The fourth-order valence-corrected chi connectivity index (χ4v) is 0.214. The molecule has 0 fully saturated rings. The van der Waals surface area contributed by atoms with Gasteiger partial charge in [0.1, 0.15) is 0 Å². The number of carbonyl (C=O) groups is 2. The van der Waals surface area contributed by atoms with E-state index in [1.54, 1.807) is 0 Å². The number of rotatable bonds is 3. The topological polar surface area (TPSA) is 163 Å². The van der Waals surface area contributed by atoms with Crippen LogP contribution in [0.25, 0.3) is 0 Å². The van der Waals surface area contributed by atoms with Crippen LogP contribution < -0.4 is 17.0 Å². The van der Waals surface area contributed by atoms with Crippen molar-refractivity contribution >= 4 is 17.9 Å². The molecule has 0 aromatic rings. The number of hydrogen-bond acceptors (Lipinski definition) is 4. The summed E-state index contributed by atoms with van der Waals surface area (Å²) in [4.78, 5) is 19.3. The molecule has 8 heteroatoms. The molecule has 0 radical (unpaired) electrons. The zero-order valence-corrected chi connectivity index (χ0v) is 6.78. The Morgan fingerprint density at radius 2 is 1.46 bits per heavy atom. The van der Waals surface area contributed by atoms with E-state index in [9.17, 15) is 9.59 Å². The quantitative estimate of drug-likeness (QED) is 0.134. The van der Waals surface area contributed by atoms with Crippen LogP contribution in [0.5, 0.6) is 0 Å². The Hall–Kier alpha value is -1.83. The maximum atomic E-state index is 9.64. The molecule has 0 saturated heterocycles. The van der Waals surface area contributed by atoms with Crippen LogP contribution in [0.1, 0.15) is 12.8 Å². The van der Waals surface area contributed by atoms with Crippen molar-refractivity contribution in [2.45, 2.75) is 12.8 Å². The maximum Gasteiger partial charge on any atom is 0.303 e. The number of guanidine groups is 1. The second-order valence-corrected chi connectivity index (χ2v) is 1.85. The fraction of sp³-hybridized carbons (Fsp3) is 0.400. The van der Waals surface area contributed by atoms with Crippen LogP contribution in [0.2, 0.25) is 0 Å². The van der Waals surface area contributed by atoms with E-state index >= 15 is 0 Å². The largest absolute Gasteiger partial charge is 0.481 e. The van der Waals surface area contributed by atoms with Crippen LogP contribution >= 0.6 is 0 Å². The van der Waals surface area contributed by atoms with E-state index in [0.717, 1.165) is 0 Å². The predicted octanol–water partition coefficient (Wildman–Crippen LogP) is -1.72. The van der Waals surface area contributed by atoms with Gasteiger partial charge in [-0.1, -0.05) is 0 Å². The zero-order valence-electron chi connectivity index (χ0n) is 6.78. The Labute approximate surface area is 74.0 Å². The summed E-state index contributed by atoms with van der Waals surface area (Å²) in [7, 11) is 0. The van der Waals surface area contributed by atoms with Gasteiger partial charge in [-0.25, -0.2) is 5.84 Å². The summed E-state index contributed by atoms with van der Waals surface area (Å²) in [5.41, 5.74) is 6.53. The minimum absolute atomic E-state index is 0.218. The molecule has 0 aromatic carbocycles. The van der Waals surface area contributed by atoms with E-state index in [4.69, 9.17) is 15.6 Å². The molecular formula is C5H12N4O4. The molecule has 0 saturated carbocycles. The molecular weight excluding hydrogens is 180 g/mol. The van der Waals surface area contributed by atoms with Crippen molar-refractivity contribution in [2.24, 2.45) is 11.6 Å². The smallest absolute Gasteiger partial charge is 0.303 e. The van der Waals surface area contributed by atoms with Crippen molar-refractivity contribution in [3.63, 3.8) is 0 Å². The first kappa shape index (κ1) is 13.7. The lowest BCUT2D eigenvalue weighted by Crippen LogP contribution is -2.35. The Morgan fingerprint density at radius 3 is 1.54 bits per heavy atom. The van der Waals surface area contributed by atoms with Gasteiger partial charge >= 0.3 is 11.9 Å². The average molecular weight is 192 g/mol. The van der Waals surface area contributed by atoms with Gasteiger partial charge in [0.05, 0.1) is 12.8 Å². The fourth-order valence-electron chi connectivity index (χ4n) is 0.214. The summed E-state index contributed by atoms with van der Waals surface area (Å²) in [5, 5.41) is 22.1. The molecule has 0 aliphatic carbocycles. The number of nitrogens with one attached hydrogen (secondary N) is 2. The lowest BCUT2D eigenvalue weighted by molar-refractivity contribution is -0.143. The Bertz CT molecular complexity index is 179. The van der Waals surface area contributed by atoms with Crippen molar-refractivity contribution in [3.05, 3.63) is 0 Å². The van der Waals surface area contributed by atoms with Crippen LogP contribution in [0.4, 0.5) is 0 Å². The molecule has 8 N–H and O–H groups in total. The highest BCUT2D eigenvalue weighted by Gasteiger charge is 2.00. The summed E-state index contributed by atoms with van der Waals surface area (Å²) in [6, 6.07) is 0. The van der Waals surface area contributed by atoms with Gasteiger partial charge in [-0.15, -0.1) is 0 Å². The van der Waals surface area contributed by atoms with Gasteiger partial charge in [-0.3, -0.25) is 20.4 Å². The SMILES string of the molecule is N=C(N)NN.O=C(O)CCC(=O)O. The van der Waals surface area contributed by atoms with Gasteiger partial charge < -0.3 is 15.9 Å². The van der Waals surface area contributed by atoms with Gasteiger partial charge in [-0.05, 0) is 0 Å². The van der Waals surface area contributed by atoms with Crippen molar-refractivity contribution in [1.82, 2.24) is 5.43 Å². The molecule has 0 bridgehead atoms. The Morgan fingerprint density at radius 1 is 1.23 bits per heavy atom. The van der Waals surface area contributed by atoms with Gasteiger partial charge in [0.25, 0.3) is 0 Å². The molecule has 0 atom stereocenters. The molecule has 76 valence electrons. The van der Waals surface area contributed by atoms with E-state index in [1.165, 1.54) is 0 Å². The van der Waals surface area contributed by atoms with E-state index in [2.05, 4.69) is 11.6 Å². The molecule has 0 aliphatic rings. The molecule has 0 rings (SSSR count). The number of carboxylic acids is 2. The van der Waals surface area contributed by atoms with Crippen LogP contribution in [0, 0.1) is 5.41 Å². The first-order valence-electron chi connectivity index (χ1n) is 3.14. The summed E-state index contributed by atoms with van der Waals surface area (Å²) in [6.45, 7) is 0. The standard InChI is InChI=1S/C4H6O4.CH6N4/c5-3(6)1-2-4(7)8;2-1(3)5-4/h1-2H2,(H,5,6)(H,7,8);4H2,(H4,2,3,5). The lowest BCUT2D eigenvalue weighted by atomic mass is 10.3. The molecule has 0 amide bonds. The monoisotopic (exact) mass is 192 g/mol. The van der Waals surface area contributed by atoms with Crippen LogP contribution in [-0.4, -0.2) is 28.1 Å². The summed E-state index contributed by atoms with van der Waals surface area (Å²) < 4.78 is 0. The second kappa shape index (κ2) is 8.27. The van der Waals surface area contributed by atoms with Crippen molar-refractivity contribution in [2.75, 3.05) is 0 Å². The van der Waals surface area contributed by atoms with E-state index in [0.29, 0.717) is 0 Å². The Balaban J connectivity index is 0. The molecule has 0 heterocycles. The van der Waals surface area contributed by atoms with Crippen LogP contribution in [0.15, 0.2) is 0 Å². The third kappa shape index (κ3) is 25.4. The highest BCUT2D eigenvalue weighted by molar-refractivity contribution is 5.75. The first-order valence-corrected chi connectivity index (χ1v) is 3.14. The highest BCUT2D eigenvalue weighted by Crippen LogP contribution is 1.86.